The lowest BCUT2D eigenvalue weighted by Crippen LogP contribution is -2.66. The number of ketones is 1. The maximum atomic E-state index is 14.5. The number of carbonyl (C=O) groups excluding carboxylic acids is 3. The van der Waals surface area contributed by atoms with Crippen LogP contribution in [0.5, 0.6) is 5.75 Å². The van der Waals surface area contributed by atoms with Gasteiger partial charge in [0.25, 0.3) is 11.8 Å². The number of hydrogen-bond donors (Lipinski definition) is 1. The zero-order chi connectivity index (χ0) is 22.3. The first kappa shape index (κ1) is 21.9. The van der Waals surface area contributed by atoms with Gasteiger partial charge < -0.3 is 15.0 Å². The Kier molecular flexibility index (Phi) is 5.66. The Balaban J connectivity index is 2.12. The van der Waals surface area contributed by atoms with Crippen LogP contribution in [0.1, 0.15) is 49.9 Å². The van der Waals surface area contributed by atoms with Gasteiger partial charge in [0.1, 0.15) is 5.75 Å². The molecule has 0 radical (unpaired) electrons. The first-order valence-electron chi connectivity index (χ1n) is 9.63. The van der Waals surface area contributed by atoms with E-state index in [9.17, 15) is 27.6 Å². The molecule has 3 rings (SSSR count). The lowest BCUT2D eigenvalue weighted by atomic mass is 9.86. The summed E-state index contributed by atoms with van der Waals surface area (Å²) < 4.78 is 48.4. The molecule has 1 atom stereocenters. The zero-order valence-corrected chi connectivity index (χ0v) is 16.9. The summed E-state index contributed by atoms with van der Waals surface area (Å²) in [4.78, 5) is 39.4. The van der Waals surface area contributed by atoms with Gasteiger partial charge in [0.2, 0.25) is 5.54 Å². The number of carbonyl (C=O) groups is 3. The Labute approximate surface area is 172 Å². The quantitative estimate of drug-likeness (QED) is 0.787. The third-order valence-corrected chi connectivity index (χ3v) is 5.74. The number of halogens is 3. The average molecular weight is 424 g/mol. The SMILES string of the molecule is COc1cccc(C(=O)N[C@]2(C(F)(F)F)C(=O)N(C3CCCC3)C(C)=C2C(C)=O)c1. The van der Waals surface area contributed by atoms with Crippen LogP contribution in [0.3, 0.4) is 0 Å². The molecule has 1 N–H and O–H groups in total. The molecule has 9 heteroatoms. The summed E-state index contributed by atoms with van der Waals surface area (Å²) in [6.07, 6.45) is -2.55. The summed E-state index contributed by atoms with van der Waals surface area (Å²) in [6.45, 7) is 2.31. The van der Waals surface area contributed by atoms with Crippen molar-refractivity contribution in [1.29, 1.82) is 0 Å². The average Bonchev–Trinajstić information content (AvgIpc) is 3.26. The highest BCUT2D eigenvalue weighted by atomic mass is 19.4. The molecule has 0 aromatic heterocycles. The van der Waals surface area contributed by atoms with Gasteiger partial charge in [-0.05, 0) is 44.9 Å². The van der Waals surface area contributed by atoms with Gasteiger partial charge in [0.05, 0.1) is 12.7 Å². The minimum atomic E-state index is -5.21. The zero-order valence-electron chi connectivity index (χ0n) is 16.9. The fraction of sp³-hybridized carbons (Fsp3) is 0.476. The fourth-order valence-corrected chi connectivity index (χ4v) is 4.41. The van der Waals surface area contributed by atoms with E-state index in [2.05, 4.69) is 0 Å². The number of nitrogens with zero attached hydrogens (tertiary/aromatic N) is 1. The Morgan fingerprint density at radius 2 is 1.87 bits per heavy atom. The number of amides is 2. The van der Waals surface area contributed by atoms with Crippen LogP contribution >= 0.6 is 0 Å². The van der Waals surface area contributed by atoms with Crippen molar-refractivity contribution in [2.75, 3.05) is 7.11 Å². The predicted octanol–water partition coefficient (Wildman–Crippen LogP) is 3.37. The lowest BCUT2D eigenvalue weighted by molar-refractivity contribution is -0.191. The Morgan fingerprint density at radius 3 is 2.40 bits per heavy atom. The highest BCUT2D eigenvalue weighted by molar-refractivity contribution is 6.13. The lowest BCUT2D eigenvalue weighted by Gasteiger charge is -2.34. The van der Waals surface area contributed by atoms with E-state index in [1.807, 2.05) is 5.32 Å². The summed E-state index contributed by atoms with van der Waals surface area (Å²) in [5.74, 6) is -3.10. The molecular weight excluding hydrogens is 401 g/mol. The first-order valence-corrected chi connectivity index (χ1v) is 9.63. The van der Waals surface area contributed by atoms with E-state index >= 15 is 0 Å². The number of hydrogen-bond acceptors (Lipinski definition) is 4. The number of nitrogens with one attached hydrogen (secondary N) is 1. The highest BCUT2D eigenvalue weighted by Crippen LogP contribution is 2.47. The number of allylic oxidation sites excluding steroid dienone is 1. The standard InChI is InChI=1S/C21H23F3N2O4/c1-12-17(13(2)27)20(21(22,23)24,19(29)26(12)15-8-4-5-9-15)25-18(28)14-7-6-10-16(11-14)30-3/h6-7,10-11,15H,4-5,8-9H2,1-3H3,(H,25,28)/t20-/m0/s1. The van der Waals surface area contributed by atoms with Crippen molar-refractivity contribution in [3.05, 3.63) is 41.1 Å². The van der Waals surface area contributed by atoms with Crippen LogP contribution in [-0.4, -0.2) is 47.4 Å². The van der Waals surface area contributed by atoms with Gasteiger partial charge >= 0.3 is 6.18 Å². The van der Waals surface area contributed by atoms with E-state index in [0.29, 0.717) is 12.8 Å². The third kappa shape index (κ3) is 3.36. The van der Waals surface area contributed by atoms with Gasteiger partial charge in [-0.25, -0.2) is 0 Å². The van der Waals surface area contributed by atoms with Crippen LogP contribution < -0.4 is 10.1 Å². The highest BCUT2D eigenvalue weighted by Gasteiger charge is 2.70. The minimum Gasteiger partial charge on any atom is -0.497 e. The Morgan fingerprint density at radius 1 is 1.23 bits per heavy atom. The molecule has 1 aromatic rings. The number of alkyl halides is 3. The van der Waals surface area contributed by atoms with E-state index in [0.717, 1.165) is 24.7 Å². The van der Waals surface area contributed by atoms with Crippen LogP contribution in [-0.2, 0) is 9.59 Å². The van der Waals surface area contributed by atoms with Crippen molar-refractivity contribution in [3.8, 4) is 5.75 Å². The van der Waals surface area contributed by atoms with Crippen LogP contribution in [0.25, 0.3) is 0 Å². The summed E-state index contributed by atoms with van der Waals surface area (Å²) >= 11 is 0. The minimum absolute atomic E-state index is 0.0531. The molecule has 2 aliphatic rings. The summed E-state index contributed by atoms with van der Waals surface area (Å²) in [6, 6.07) is 5.12. The second-order valence-corrected chi connectivity index (χ2v) is 7.56. The maximum absolute atomic E-state index is 14.5. The van der Waals surface area contributed by atoms with E-state index in [4.69, 9.17) is 4.74 Å². The molecule has 1 aliphatic heterocycles. The van der Waals surface area contributed by atoms with Crippen molar-refractivity contribution in [3.63, 3.8) is 0 Å². The van der Waals surface area contributed by atoms with Crippen LogP contribution in [0.4, 0.5) is 13.2 Å². The van der Waals surface area contributed by atoms with E-state index < -0.39 is 40.9 Å². The van der Waals surface area contributed by atoms with E-state index in [1.165, 1.54) is 38.3 Å². The molecule has 2 amide bonds. The molecule has 0 saturated heterocycles. The third-order valence-electron chi connectivity index (χ3n) is 5.74. The second-order valence-electron chi connectivity index (χ2n) is 7.56. The van der Waals surface area contributed by atoms with Gasteiger partial charge in [0, 0.05) is 17.3 Å². The molecule has 0 bridgehead atoms. The number of Topliss-reactive ketones (excluding diaryl/α,β-unsaturated/α-hetero) is 1. The Hall–Kier alpha value is -2.84. The molecule has 1 aromatic carbocycles. The molecule has 0 unspecified atom stereocenters. The molecule has 1 fully saturated rings. The van der Waals surface area contributed by atoms with Crippen molar-refractivity contribution >= 4 is 17.6 Å². The van der Waals surface area contributed by atoms with Crippen molar-refractivity contribution in [2.45, 2.75) is 57.3 Å². The molecule has 162 valence electrons. The van der Waals surface area contributed by atoms with E-state index in [-0.39, 0.29) is 17.0 Å². The van der Waals surface area contributed by atoms with Crippen LogP contribution in [0, 0.1) is 0 Å². The molecule has 30 heavy (non-hydrogen) atoms. The first-order chi connectivity index (χ1) is 14.0. The van der Waals surface area contributed by atoms with Crippen LogP contribution in [0.2, 0.25) is 0 Å². The van der Waals surface area contributed by atoms with Crippen molar-refractivity contribution in [1.82, 2.24) is 10.2 Å². The molecule has 6 nitrogen and oxygen atoms in total. The summed E-state index contributed by atoms with van der Waals surface area (Å²) in [5.41, 5.74) is -4.33. The monoisotopic (exact) mass is 424 g/mol. The number of rotatable bonds is 5. The van der Waals surface area contributed by atoms with Gasteiger partial charge in [-0.3, -0.25) is 14.4 Å². The maximum Gasteiger partial charge on any atom is 0.425 e. The van der Waals surface area contributed by atoms with Crippen molar-refractivity contribution in [2.24, 2.45) is 0 Å². The van der Waals surface area contributed by atoms with Crippen LogP contribution in [0.15, 0.2) is 35.5 Å². The number of methoxy groups -OCH3 is 1. The molecule has 1 heterocycles. The largest absolute Gasteiger partial charge is 0.497 e. The molecule has 1 saturated carbocycles. The summed E-state index contributed by atoms with van der Waals surface area (Å²) in [7, 11) is 1.36. The smallest absolute Gasteiger partial charge is 0.425 e. The van der Waals surface area contributed by atoms with Gasteiger partial charge in [-0.15, -0.1) is 0 Å². The Bertz CT molecular complexity index is 919. The molecular formula is C21H23F3N2O4. The van der Waals surface area contributed by atoms with Gasteiger partial charge in [-0.2, -0.15) is 13.2 Å². The second kappa shape index (κ2) is 7.77. The number of benzene rings is 1. The summed E-state index contributed by atoms with van der Waals surface area (Å²) in [5, 5.41) is 1.88. The molecule has 0 spiro atoms. The van der Waals surface area contributed by atoms with Gasteiger partial charge in [-0.1, -0.05) is 18.9 Å². The fourth-order valence-electron chi connectivity index (χ4n) is 4.41. The molecule has 1 aliphatic carbocycles. The normalized spacial score (nSPS) is 22.6. The predicted molar refractivity (Wildman–Crippen MR) is 102 cm³/mol. The number of ether oxygens (including phenoxy) is 1. The van der Waals surface area contributed by atoms with Crippen molar-refractivity contribution < 1.29 is 32.3 Å². The van der Waals surface area contributed by atoms with E-state index in [1.54, 1.807) is 0 Å². The topological polar surface area (TPSA) is 75.7 Å². The van der Waals surface area contributed by atoms with Gasteiger partial charge in [0.15, 0.2) is 5.78 Å².